The molecule has 0 spiro atoms. The zero-order chi connectivity index (χ0) is 15.0. The molecule has 0 aliphatic heterocycles. The molecule has 1 rings (SSSR count). The highest BCUT2D eigenvalue weighted by atomic mass is 32.2. The Labute approximate surface area is 120 Å². The molecule has 7 heteroatoms. The zero-order valence-electron chi connectivity index (χ0n) is 10.6. The van der Waals surface area contributed by atoms with Crippen molar-refractivity contribution in [3.05, 3.63) is 42.5 Å². The lowest BCUT2D eigenvalue weighted by Gasteiger charge is -2.05. The molecule has 106 valence electrons. The molecule has 6 nitrogen and oxygen atoms in total. The van der Waals surface area contributed by atoms with Gasteiger partial charge in [0, 0.05) is 11.4 Å². The number of nitrogens with one attached hydrogen (secondary N) is 2. The lowest BCUT2D eigenvalue weighted by atomic mass is 10.2. The van der Waals surface area contributed by atoms with E-state index in [-0.39, 0.29) is 17.9 Å². The summed E-state index contributed by atoms with van der Waals surface area (Å²) >= 11 is 1.21. The molecule has 0 aliphatic rings. The molecule has 1 aromatic rings. The summed E-state index contributed by atoms with van der Waals surface area (Å²) in [7, 11) is 0. The van der Waals surface area contributed by atoms with E-state index in [0.717, 1.165) is 4.90 Å². The van der Waals surface area contributed by atoms with Crippen LogP contribution in [0.3, 0.4) is 0 Å². The predicted octanol–water partition coefficient (Wildman–Crippen LogP) is 1.49. The molecule has 20 heavy (non-hydrogen) atoms. The van der Waals surface area contributed by atoms with Gasteiger partial charge in [-0.2, -0.15) is 0 Å². The van der Waals surface area contributed by atoms with Crippen molar-refractivity contribution in [3.63, 3.8) is 0 Å². The predicted molar refractivity (Wildman–Crippen MR) is 75.9 cm³/mol. The van der Waals surface area contributed by atoms with Crippen LogP contribution in [0.15, 0.2) is 41.8 Å². The van der Waals surface area contributed by atoms with Gasteiger partial charge >= 0.3 is 12.0 Å². The molecule has 0 aromatic heterocycles. The maximum atomic E-state index is 11.5. The Hall–Kier alpha value is -2.28. The van der Waals surface area contributed by atoms with Crippen LogP contribution >= 0.6 is 11.8 Å². The van der Waals surface area contributed by atoms with E-state index < -0.39 is 17.9 Å². The van der Waals surface area contributed by atoms with E-state index in [1.165, 1.54) is 30.0 Å². The summed E-state index contributed by atoms with van der Waals surface area (Å²) in [4.78, 5) is 34.0. The van der Waals surface area contributed by atoms with Crippen molar-refractivity contribution >= 4 is 29.7 Å². The van der Waals surface area contributed by atoms with Crippen LogP contribution in [0.2, 0.25) is 0 Å². The first kappa shape index (κ1) is 15.8. The van der Waals surface area contributed by atoms with Crippen LogP contribution in [0.5, 0.6) is 0 Å². The molecule has 0 bridgehead atoms. The van der Waals surface area contributed by atoms with E-state index in [2.05, 4.69) is 17.2 Å². The van der Waals surface area contributed by atoms with Gasteiger partial charge in [-0.15, -0.1) is 18.3 Å². The second kappa shape index (κ2) is 8.00. The number of carbonyl (C=O) groups excluding carboxylic acids is 2. The second-order valence-electron chi connectivity index (χ2n) is 3.67. The molecule has 0 atom stereocenters. The van der Waals surface area contributed by atoms with Crippen molar-refractivity contribution in [3.8, 4) is 0 Å². The molecule has 3 amide bonds. The monoisotopic (exact) mass is 294 g/mol. The number of imide groups is 1. The van der Waals surface area contributed by atoms with Crippen LogP contribution in [0.1, 0.15) is 10.4 Å². The molecule has 0 radical (unpaired) electrons. The molecule has 0 fully saturated rings. The Morgan fingerprint density at radius 1 is 1.25 bits per heavy atom. The third-order valence-corrected chi connectivity index (χ3v) is 3.14. The van der Waals surface area contributed by atoms with Gasteiger partial charge in [0.1, 0.15) is 0 Å². The summed E-state index contributed by atoms with van der Waals surface area (Å²) < 4.78 is 0. The summed E-state index contributed by atoms with van der Waals surface area (Å²) in [5.41, 5.74) is 0.183. The van der Waals surface area contributed by atoms with Crippen molar-refractivity contribution in [2.24, 2.45) is 0 Å². The molecule has 0 saturated carbocycles. The number of hydrogen-bond donors (Lipinski definition) is 3. The quantitative estimate of drug-likeness (QED) is 0.545. The van der Waals surface area contributed by atoms with Crippen molar-refractivity contribution in [2.75, 3.05) is 12.3 Å². The third kappa shape index (κ3) is 5.57. The number of rotatable bonds is 6. The SMILES string of the molecule is C=CCNC(=O)NC(=O)CSc1ccc(C(=O)O)cc1. The Kier molecular flexibility index (Phi) is 6.31. The van der Waals surface area contributed by atoms with Crippen LogP contribution in [0.25, 0.3) is 0 Å². The average molecular weight is 294 g/mol. The van der Waals surface area contributed by atoms with Crippen LogP contribution in [0.4, 0.5) is 4.79 Å². The van der Waals surface area contributed by atoms with Gasteiger partial charge in [0.2, 0.25) is 5.91 Å². The average Bonchev–Trinajstić information content (AvgIpc) is 2.43. The van der Waals surface area contributed by atoms with E-state index in [1.54, 1.807) is 12.1 Å². The minimum atomic E-state index is -1.00. The number of aromatic carboxylic acids is 1. The number of benzene rings is 1. The molecule has 3 N–H and O–H groups in total. The fraction of sp³-hybridized carbons (Fsp3) is 0.154. The van der Waals surface area contributed by atoms with Gasteiger partial charge < -0.3 is 10.4 Å². The van der Waals surface area contributed by atoms with Crippen molar-refractivity contribution in [1.29, 1.82) is 0 Å². The van der Waals surface area contributed by atoms with Gasteiger partial charge in [-0.25, -0.2) is 9.59 Å². The fourth-order valence-electron chi connectivity index (χ4n) is 1.21. The van der Waals surface area contributed by atoms with Gasteiger partial charge in [-0.3, -0.25) is 10.1 Å². The third-order valence-electron chi connectivity index (χ3n) is 2.13. The molecule has 1 aromatic carbocycles. The lowest BCUT2D eigenvalue weighted by Crippen LogP contribution is -2.40. The highest BCUT2D eigenvalue weighted by molar-refractivity contribution is 8.00. The van der Waals surface area contributed by atoms with Crippen LogP contribution in [0, 0.1) is 0 Å². The van der Waals surface area contributed by atoms with Crippen LogP contribution < -0.4 is 10.6 Å². The van der Waals surface area contributed by atoms with Gasteiger partial charge in [0.05, 0.1) is 11.3 Å². The standard InChI is InChI=1S/C13H14N2O4S/c1-2-7-14-13(19)15-11(16)8-20-10-5-3-9(4-6-10)12(17)18/h2-6H,1,7-8H2,(H,17,18)(H2,14,15,16,19). The minimum absolute atomic E-state index is 0.0634. The number of carboxylic acids is 1. The van der Waals surface area contributed by atoms with Gasteiger partial charge in [-0.05, 0) is 24.3 Å². The zero-order valence-corrected chi connectivity index (χ0v) is 11.4. The number of amides is 3. The Bertz CT molecular complexity index is 514. The minimum Gasteiger partial charge on any atom is -0.478 e. The number of hydrogen-bond acceptors (Lipinski definition) is 4. The highest BCUT2D eigenvalue weighted by Crippen LogP contribution is 2.18. The maximum Gasteiger partial charge on any atom is 0.335 e. The maximum absolute atomic E-state index is 11.5. The summed E-state index contributed by atoms with van der Waals surface area (Å²) in [6.07, 6.45) is 1.50. The van der Waals surface area contributed by atoms with Crippen LogP contribution in [-0.4, -0.2) is 35.3 Å². The topological polar surface area (TPSA) is 95.5 Å². The number of thioether (sulfide) groups is 1. The van der Waals surface area contributed by atoms with E-state index in [0.29, 0.717) is 0 Å². The summed E-state index contributed by atoms with van der Waals surface area (Å²) in [6, 6.07) is 5.56. The number of carbonyl (C=O) groups is 3. The van der Waals surface area contributed by atoms with Gasteiger partial charge in [0.25, 0.3) is 0 Å². The molecule has 0 heterocycles. The first-order valence-corrected chi connectivity index (χ1v) is 6.66. The van der Waals surface area contributed by atoms with Crippen molar-refractivity contribution < 1.29 is 19.5 Å². The molecular formula is C13H14N2O4S. The van der Waals surface area contributed by atoms with Crippen LogP contribution in [-0.2, 0) is 4.79 Å². The summed E-state index contributed by atoms with van der Waals surface area (Å²) in [6.45, 7) is 3.71. The summed E-state index contributed by atoms with van der Waals surface area (Å²) in [5.74, 6) is -1.37. The Morgan fingerprint density at radius 2 is 1.90 bits per heavy atom. The van der Waals surface area contributed by atoms with Crippen molar-refractivity contribution in [1.82, 2.24) is 10.6 Å². The molecular weight excluding hydrogens is 280 g/mol. The number of urea groups is 1. The lowest BCUT2D eigenvalue weighted by molar-refractivity contribution is -0.117. The smallest absolute Gasteiger partial charge is 0.335 e. The van der Waals surface area contributed by atoms with E-state index >= 15 is 0 Å². The van der Waals surface area contributed by atoms with E-state index in [4.69, 9.17) is 5.11 Å². The molecule has 0 aliphatic carbocycles. The second-order valence-corrected chi connectivity index (χ2v) is 4.71. The van der Waals surface area contributed by atoms with Gasteiger partial charge in [0.15, 0.2) is 0 Å². The number of carboxylic acid groups (broad SMARTS) is 1. The molecule has 0 unspecified atom stereocenters. The van der Waals surface area contributed by atoms with Gasteiger partial charge in [-0.1, -0.05) is 6.08 Å². The fourth-order valence-corrected chi connectivity index (χ4v) is 1.91. The Balaban J connectivity index is 2.38. The largest absolute Gasteiger partial charge is 0.478 e. The van der Waals surface area contributed by atoms with E-state index in [9.17, 15) is 14.4 Å². The first-order chi connectivity index (χ1) is 9.52. The van der Waals surface area contributed by atoms with Crippen molar-refractivity contribution in [2.45, 2.75) is 4.90 Å². The normalized spacial score (nSPS) is 9.60. The highest BCUT2D eigenvalue weighted by Gasteiger charge is 2.08. The Morgan fingerprint density at radius 3 is 2.45 bits per heavy atom. The van der Waals surface area contributed by atoms with E-state index in [1.807, 2.05) is 0 Å². The molecule has 0 saturated heterocycles. The first-order valence-electron chi connectivity index (χ1n) is 5.67. The summed E-state index contributed by atoms with van der Waals surface area (Å²) in [5, 5.41) is 13.3.